The number of hydrogen-bond donors (Lipinski definition) is 1. The molecule has 1 aliphatic heterocycles. The van der Waals surface area contributed by atoms with Gasteiger partial charge in [-0.25, -0.2) is 21.6 Å². The summed E-state index contributed by atoms with van der Waals surface area (Å²) in [4.78, 5) is 0.00263. The molecule has 0 saturated heterocycles. The summed E-state index contributed by atoms with van der Waals surface area (Å²) in [5.41, 5.74) is 0. The van der Waals surface area contributed by atoms with E-state index in [9.17, 15) is 16.8 Å². The van der Waals surface area contributed by atoms with Crippen LogP contribution in [0.4, 0.5) is 0 Å². The number of rotatable bonds is 8. The number of hydrogen-bond acceptors (Lipinski definition) is 7. The van der Waals surface area contributed by atoms with Gasteiger partial charge >= 0.3 is 0 Å². The van der Waals surface area contributed by atoms with Gasteiger partial charge in [-0.1, -0.05) is 6.92 Å². The number of sulfone groups is 1. The molecule has 0 fully saturated rings. The van der Waals surface area contributed by atoms with Crippen LogP contribution in [-0.2, 0) is 19.9 Å². The highest BCUT2D eigenvalue weighted by Gasteiger charge is 2.33. The second-order valence-electron chi connectivity index (χ2n) is 6.02. The highest BCUT2D eigenvalue weighted by Crippen LogP contribution is 2.36. The lowest BCUT2D eigenvalue weighted by Crippen LogP contribution is -2.33. The Morgan fingerprint density at radius 1 is 1.07 bits per heavy atom. The normalized spacial score (nSPS) is 15.4. The van der Waals surface area contributed by atoms with Gasteiger partial charge in [0.15, 0.2) is 21.3 Å². The fourth-order valence-electron chi connectivity index (χ4n) is 2.75. The fourth-order valence-corrected chi connectivity index (χ4v) is 5.55. The maximum atomic E-state index is 13.2. The molecule has 2 aromatic rings. The maximum absolute atomic E-state index is 13.2. The van der Waals surface area contributed by atoms with Crippen LogP contribution in [0, 0.1) is 0 Å². The first kappa shape index (κ1) is 19.7. The largest absolute Gasteiger partial charge is 0.486 e. The Kier molecular flexibility index (Phi) is 5.78. The summed E-state index contributed by atoms with van der Waals surface area (Å²) in [5.74, 6) is 0.886. The fraction of sp³-hybridized carbons (Fsp3) is 0.412. The van der Waals surface area contributed by atoms with E-state index in [-0.39, 0.29) is 23.0 Å². The Labute approximate surface area is 158 Å². The van der Waals surface area contributed by atoms with Crippen LogP contribution < -0.4 is 14.2 Å². The number of nitrogens with one attached hydrogen (secondary N) is 1. The molecular formula is C17H21NO7S2. The summed E-state index contributed by atoms with van der Waals surface area (Å²) in [5, 5.41) is -1.21. The second-order valence-corrected chi connectivity index (χ2v) is 10.1. The van der Waals surface area contributed by atoms with E-state index in [0.29, 0.717) is 31.1 Å². The lowest BCUT2D eigenvalue weighted by molar-refractivity contribution is 0.171. The van der Waals surface area contributed by atoms with Crippen molar-refractivity contribution in [2.45, 2.75) is 23.5 Å². The number of furan rings is 1. The zero-order valence-electron chi connectivity index (χ0n) is 14.8. The molecule has 0 saturated carbocycles. The van der Waals surface area contributed by atoms with Crippen LogP contribution in [0.3, 0.4) is 0 Å². The van der Waals surface area contributed by atoms with Crippen molar-refractivity contribution < 1.29 is 30.7 Å². The highest BCUT2D eigenvalue weighted by atomic mass is 32.2. The molecule has 1 N–H and O–H groups in total. The molecule has 10 heteroatoms. The van der Waals surface area contributed by atoms with E-state index in [1.807, 2.05) is 0 Å². The number of fused-ring (bicyclic) bond motifs is 1. The average molecular weight is 415 g/mol. The molecule has 1 atom stereocenters. The predicted octanol–water partition coefficient (Wildman–Crippen LogP) is 1.90. The zero-order chi connectivity index (χ0) is 19.5. The quantitative estimate of drug-likeness (QED) is 0.701. The number of ether oxygens (including phenoxy) is 2. The van der Waals surface area contributed by atoms with Crippen LogP contribution in [-0.4, -0.2) is 42.3 Å². The Morgan fingerprint density at radius 3 is 2.48 bits per heavy atom. The molecule has 1 aliphatic rings. The SMILES string of the molecule is CCCS(=O)(=O)NC[C@@H](c1ccco1)S(=O)(=O)c1ccc2c(c1)OCCO2. The molecule has 0 amide bonds. The van der Waals surface area contributed by atoms with Crippen molar-refractivity contribution in [1.29, 1.82) is 0 Å². The minimum absolute atomic E-state index is 0.00263. The first-order valence-electron chi connectivity index (χ1n) is 8.48. The van der Waals surface area contributed by atoms with Crippen LogP contribution in [0.1, 0.15) is 24.4 Å². The molecule has 0 unspecified atom stereocenters. The molecule has 8 nitrogen and oxygen atoms in total. The Balaban J connectivity index is 1.93. The topological polar surface area (TPSA) is 112 Å². The van der Waals surface area contributed by atoms with Gasteiger partial charge in [-0.2, -0.15) is 0 Å². The molecule has 148 valence electrons. The van der Waals surface area contributed by atoms with Gasteiger partial charge in [-0.15, -0.1) is 0 Å². The highest BCUT2D eigenvalue weighted by molar-refractivity contribution is 7.92. The molecule has 0 spiro atoms. The zero-order valence-corrected chi connectivity index (χ0v) is 16.4. The molecule has 0 aliphatic carbocycles. The van der Waals surface area contributed by atoms with Crippen molar-refractivity contribution >= 4 is 19.9 Å². The van der Waals surface area contributed by atoms with Crippen LogP contribution >= 0.6 is 0 Å². The van der Waals surface area contributed by atoms with Gasteiger partial charge in [-0.05, 0) is 30.7 Å². The van der Waals surface area contributed by atoms with Gasteiger partial charge < -0.3 is 13.9 Å². The monoisotopic (exact) mass is 415 g/mol. The Bertz CT molecular complexity index is 982. The van der Waals surface area contributed by atoms with Crippen molar-refractivity contribution in [1.82, 2.24) is 4.72 Å². The first-order valence-corrected chi connectivity index (χ1v) is 11.7. The summed E-state index contributed by atoms with van der Waals surface area (Å²) in [6.45, 7) is 2.13. The van der Waals surface area contributed by atoms with Crippen molar-refractivity contribution in [3.8, 4) is 11.5 Å². The predicted molar refractivity (Wildman–Crippen MR) is 98.1 cm³/mol. The van der Waals surface area contributed by atoms with Gasteiger partial charge in [0.25, 0.3) is 0 Å². The van der Waals surface area contributed by atoms with E-state index >= 15 is 0 Å². The van der Waals surface area contributed by atoms with E-state index in [1.54, 1.807) is 13.0 Å². The second kappa shape index (κ2) is 7.91. The molecular weight excluding hydrogens is 394 g/mol. The summed E-state index contributed by atoms with van der Waals surface area (Å²) >= 11 is 0. The molecule has 27 heavy (non-hydrogen) atoms. The third-order valence-corrected chi connectivity index (χ3v) is 7.65. The van der Waals surface area contributed by atoms with Crippen LogP contribution in [0.5, 0.6) is 11.5 Å². The average Bonchev–Trinajstić information content (AvgIpc) is 3.15. The van der Waals surface area contributed by atoms with E-state index < -0.39 is 25.1 Å². The molecule has 0 bridgehead atoms. The lowest BCUT2D eigenvalue weighted by Gasteiger charge is -2.21. The summed E-state index contributed by atoms with van der Waals surface area (Å²) in [6, 6.07) is 7.40. The van der Waals surface area contributed by atoms with Gasteiger partial charge in [0.05, 0.1) is 16.9 Å². The molecule has 2 heterocycles. The summed E-state index contributed by atoms with van der Waals surface area (Å²) in [7, 11) is -7.53. The third-order valence-electron chi connectivity index (χ3n) is 4.04. The van der Waals surface area contributed by atoms with Crippen molar-refractivity contribution in [3.05, 3.63) is 42.4 Å². The van der Waals surface area contributed by atoms with Gasteiger partial charge in [0.2, 0.25) is 10.0 Å². The molecule has 1 aromatic heterocycles. The minimum atomic E-state index is -3.95. The smallest absolute Gasteiger partial charge is 0.211 e. The van der Waals surface area contributed by atoms with E-state index in [0.717, 1.165) is 0 Å². The van der Waals surface area contributed by atoms with Crippen molar-refractivity contribution in [2.24, 2.45) is 0 Å². The third kappa shape index (κ3) is 4.45. The first-order chi connectivity index (χ1) is 12.8. The standard InChI is InChI=1S/C17H21NO7S2/c1-2-10-26(19,20)18-12-17(15-4-3-7-23-15)27(21,22)13-5-6-14-16(11-13)25-9-8-24-14/h3-7,11,17-18H,2,8-10,12H2,1H3/t17-/m0/s1. The minimum Gasteiger partial charge on any atom is -0.486 e. The van der Waals surface area contributed by atoms with Crippen LogP contribution in [0.2, 0.25) is 0 Å². The lowest BCUT2D eigenvalue weighted by atomic mass is 10.3. The van der Waals surface area contributed by atoms with E-state index in [1.165, 1.54) is 30.5 Å². The Hall–Kier alpha value is -2.04. The molecule has 3 rings (SSSR count). The van der Waals surface area contributed by atoms with Crippen molar-refractivity contribution in [2.75, 3.05) is 25.5 Å². The number of benzene rings is 1. The summed E-state index contributed by atoms with van der Waals surface area (Å²) < 4.78 is 68.9. The van der Waals surface area contributed by atoms with E-state index in [4.69, 9.17) is 13.9 Å². The summed E-state index contributed by atoms with van der Waals surface area (Å²) in [6.07, 6.45) is 1.78. The van der Waals surface area contributed by atoms with Gasteiger partial charge in [-0.3, -0.25) is 0 Å². The van der Waals surface area contributed by atoms with Crippen molar-refractivity contribution in [3.63, 3.8) is 0 Å². The molecule has 0 radical (unpaired) electrons. The number of sulfonamides is 1. The van der Waals surface area contributed by atoms with Crippen LogP contribution in [0.25, 0.3) is 0 Å². The molecule has 1 aromatic carbocycles. The van der Waals surface area contributed by atoms with E-state index in [2.05, 4.69) is 4.72 Å². The van der Waals surface area contributed by atoms with Gasteiger partial charge in [0, 0.05) is 12.6 Å². The van der Waals surface area contributed by atoms with Crippen LogP contribution in [0.15, 0.2) is 45.9 Å². The Morgan fingerprint density at radius 2 is 1.81 bits per heavy atom. The maximum Gasteiger partial charge on any atom is 0.211 e. The van der Waals surface area contributed by atoms with Gasteiger partial charge in [0.1, 0.15) is 24.2 Å².